The van der Waals surface area contributed by atoms with Crippen LogP contribution in [0.1, 0.15) is 22.3 Å². The van der Waals surface area contributed by atoms with E-state index in [0.717, 1.165) is 22.3 Å². The van der Waals surface area contributed by atoms with Crippen molar-refractivity contribution in [3.63, 3.8) is 0 Å². The van der Waals surface area contributed by atoms with Crippen LogP contribution in [0, 0.1) is 0 Å². The molecule has 0 aliphatic carbocycles. The van der Waals surface area contributed by atoms with E-state index < -0.39 is 0 Å². The van der Waals surface area contributed by atoms with Crippen molar-refractivity contribution in [2.24, 2.45) is 0 Å². The maximum Gasteiger partial charge on any atom is 0.169 e. The highest BCUT2D eigenvalue weighted by molar-refractivity contribution is 5.78. The van der Waals surface area contributed by atoms with Gasteiger partial charge in [-0.1, -0.05) is 36.4 Å². The minimum absolute atomic E-state index is 0.00459. The molecule has 4 aliphatic heterocycles. The second-order valence-corrected chi connectivity index (χ2v) is 8.37. The predicted octanol–water partition coefficient (Wildman–Crippen LogP) is 5.85. The van der Waals surface area contributed by atoms with Gasteiger partial charge in [0.2, 0.25) is 0 Å². The van der Waals surface area contributed by atoms with E-state index in [1.54, 1.807) is 42.5 Å². The number of benzene rings is 4. The molecule has 5 nitrogen and oxygen atoms in total. The van der Waals surface area contributed by atoms with Gasteiger partial charge in [0.25, 0.3) is 0 Å². The first kappa shape index (κ1) is 20.8. The molecule has 0 fully saturated rings. The van der Waals surface area contributed by atoms with Crippen molar-refractivity contribution in [2.45, 2.75) is 25.7 Å². The van der Waals surface area contributed by atoms with Gasteiger partial charge in [-0.2, -0.15) is 0 Å². The molecule has 33 heavy (non-hydrogen) atoms. The Hall–Kier alpha value is -4.12. The maximum absolute atomic E-state index is 10.8. The third-order valence-corrected chi connectivity index (χ3v) is 6.11. The van der Waals surface area contributed by atoms with Gasteiger partial charge in [-0.05, 0) is 84.3 Å². The number of aromatic hydroxyl groups is 4. The first-order valence-electron chi connectivity index (χ1n) is 10.9. The molecule has 4 aromatic carbocycles. The Kier molecular flexibility index (Phi) is 5.31. The molecule has 4 aromatic rings. The highest BCUT2D eigenvalue weighted by atomic mass is 16.5. The van der Waals surface area contributed by atoms with E-state index in [1.807, 2.05) is 30.3 Å². The second kappa shape index (κ2) is 8.43. The zero-order valence-corrected chi connectivity index (χ0v) is 18.0. The number of aryl methyl sites for hydroxylation is 4. The summed E-state index contributed by atoms with van der Waals surface area (Å²) in [6.45, 7) is 0. The van der Waals surface area contributed by atoms with Crippen LogP contribution in [0.5, 0.6) is 34.5 Å². The Bertz CT molecular complexity index is 1340. The molecule has 8 rings (SSSR count). The molecule has 0 radical (unpaired) electrons. The normalized spacial score (nSPS) is 13.1. The smallest absolute Gasteiger partial charge is 0.169 e. The van der Waals surface area contributed by atoms with Crippen LogP contribution in [0.3, 0.4) is 0 Å². The molecule has 166 valence electrons. The van der Waals surface area contributed by atoms with E-state index in [2.05, 4.69) is 0 Å². The first-order valence-corrected chi connectivity index (χ1v) is 10.9. The van der Waals surface area contributed by atoms with Crippen molar-refractivity contribution in [1.82, 2.24) is 0 Å². The summed E-state index contributed by atoms with van der Waals surface area (Å²) in [6, 6.07) is 21.3. The molecular formula is C28H24O5. The minimum atomic E-state index is -0.0120. The molecule has 4 heterocycles. The summed E-state index contributed by atoms with van der Waals surface area (Å²) < 4.78 is 5.82. The molecule has 5 heteroatoms. The number of phenolic OH excluding ortho intramolecular Hbond substituents is 4. The fourth-order valence-corrected chi connectivity index (χ4v) is 4.34. The lowest BCUT2D eigenvalue weighted by molar-refractivity contribution is 0.384. The Morgan fingerprint density at radius 2 is 1.18 bits per heavy atom. The molecule has 0 unspecified atom stereocenters. The van der Waals surface area contributed by atoms with Gasteiger partial charge in [0.15, 0.2) is 23.0 Å². The van der Waals surface area contributed by atoms with Gasteiger partial charge in [0.05, 0.1) is 0 Å². The summed E-state index contributed by atoms with van der Waals surface area (Å²) in [5, 5.41) is 42.2. The van der Waals surface area contributed by atoms with Crippen LogP contribution in [0.2, 0.25) is 0 Å². The van der Waals surface area contributed by atoms with E-state index in [-0.39, 0.29) is 34.5 Å². The number of ether oxygens (including phenoxy) is 1. The highest BCUT2D eigenvalue weighted by Gasteiger charge is 2.16. The zero-order chi connectivity index (χ0) is 22.9. The average molecular weight is 440 g/mol. The predicted molar refractivity (Wildman–Crippen MR) is 126 cm³/mol. The monoisotopic (exact) mass is 440 g/mol. The summed E-state index contributed by atoms with van der Waals surface area (Å²) in [5.41, 5.74) is 4.91. The number of hydrogen-bond acceptors (Lipinski definition) is 5. The molecule has 0 saturated heterocycles. The van der Waals surface area contributed by atoms with Crippen molar-refractivity contribution < 1.29 is 25.2 Å². The van der Waals surface area contributed by atoms with Gasteiger partial charge in [-0.25, -0.2) is 0 Å². The van der Waals surface area contributed by atoms with Crippen LogP contribution in [0.25, 0.3) is 11.1 Å². The van der Waals surface area contributed by atoms with Crippen molar-refractivity contribution in [3.05, 3.63) is 95.1 Å². The Morgan fingerprint density at radius 1 is 0.515 bits per heavy atom. The molecule has 0 aromatic heterocycles. The number of rotatable bonds is 0. The van der Waals surface area contributed by atoms with Crippen molar-refractivity contribution in [1.29, 1.82) is 0 Å². The summed E-state index contributed by atoms with van der Waals surface area (Å²) >= 11 is 0. The Labute approximate surface area is 191 Å². The lowest BCUT2D eigenvalue weighted by Gasteiger charge is -2.16. The third-order valence-electron chi connectivity index (χ3n) is 6.11. The van der Waals surface area contributed by atoms with Crippen LogP contribution in [0.15, 0.2) is 72.8 Å². The zero-order valence-electron chi connectivity index (χ0n) is 18.0. The summed E-state index contributed by atoms with van der Waals surface area (Å²) in [4.78, 5) is 0. The Morgan fingerprint density at radius 3 is 1.94 bits per heavy atom. The number of hydrogen-bond donors (Lipinski definition) is 4. The van der Waals surface area contributed by atoms with Gasteiger partial charge in [0, 0.05) is 11.1 Å². The summed E-state index contributed by atoms with van der Waals surface area (Å²) in [5.74, 6) is 0.766. The van der Waals surface area contributed by atoms with Crippen LogP contribution in [-0.4, -0.2) is 20.4 Å². The SMILES string of the molecule is Oc1cc2ccc1Oc1cc(ccc1O)CCc1ccc(c(O)c1)-c1c(O)cccc1CC2. The Balaban J connectivity index is 1.62. The molecule has 6 bridgehead atoms. The van der Waals surface area contributed by atoms with E-state index in [1.165, 1.54) is 0 Å². The van der Waals surface area contributed by atoms with Crippen LogP contribution in [0.4, 0.5) is 0 Å². The highest BCUT2D eigenvalue weighted by Crippen LogP contribution is 2.40. The molecule has 0 atom stereocenters. The molecule has 4 N–H and O–H groups in total. The van der Waals surface area contributed by atoms with E-state index in [0.29, 0.717) is 36.8 Å². The van der Waals surface area contributed by atoms with Gasteiger partial charge >= 0.3 is 0 Å². The lowest BCUT2D eigenvalue weighted by atomic mass is 9.92. The first-order chi connectivity index (χ1) is 16.0. The van der Waals surface area contributed by atoms with Gasteiger partial charge in [0.1, 0.15) is 11.5 Å². The summed E-state index contributed by atoms with van der Waals surface area (Å²) in [7, 11) is 0. The van der Waals surface area contributed by atoms with Gasteiger partial charge < -0.3 is 25.2 Å². The lowest BCUT2D eigenvalue weighted by Crippen LogP contribution is -1.98. The summed E-state index contributed by atoms with van der Waals surface area (Å²) in [6.07, 6.45) is 2.56. The fourth-order valence-electron chi connectivity index (χ4n) is 4.34. The molecule has 0 amide bonds. The van der Waals surface area contributed by atoms with E-state index in [4.69, 9.17) is 4.74 Å². The van der Waals surface area contributed by atoms with Gasteiger partial charge in [-0.3, -0.25) is 0 Å². The van der Waals surface area contributed by atoms with Gasteiger partial charge in [-0.15, -0.1) is 0 Å². The van der Waals surface area contributed by atoms with Crippen molar-refractivity contribution in [3.8, 4) is 45.6 Å². The van der Waals surface area contributed by atoms with Crippen molar-refractivity contribution in [2.75, 3.05) is 0 Å². The van der Waals surface area contributed by atoms with Crippen molar-refractivity contribution >= 4 is 0 Å². The fraction of sp³-hybridized carbons (Fsp3) is 0.143. The molecule has 4 aliphatic rings. The van der Waals surface area contributed by atoms with E-state index >= 15 is 0 Å². The minimum Gasteiger partial charge on any atom is -0.507 e. The van der Waals surface area contributed by atoms with E-state index in [9.17, 15) is 20.4 Å². The largest absolute Gasteiger partial charge is 0.507 e. The topological polar surface area (TPSA) is 90.2 Å². The van der Waals surface area contributed by atoms with Crippen LogP contribution < -0.4 is 4.74 Å². The molecular weight excluding hydrogens is 416 g/mol. The average Bonchev–Trinajstić information content (AvgIpc) is 2.80. The number of phenols is 4. The third kappa shape index (κ3) is 4.17. The maximum atomic E-state index is 10.8. The quantitative estimate of drug-likeness (QED) is 0.275. The van der Waals surface area contributed by atoms with Crippen LogP contribution >= 0.6 is 0 Å². The molecule has 0 spiro atoms. The van der Waals surface area contributed by atoms with Crippen LogP contribution in [-0.2, 0) is 25.7 Å². The second-order valence-electron chi connectivity index (χ2n) is 8.37. The standard InChI is InChI=1S/C28H24O5/c29-22-12-8-19-5-4-17-7-11-21(24(31)14-17)28-20(2-1-3-23(28)30)10-6-18-9-13-26(25(32)15-18)33-27(22)16-19/h1-3,7-9,11-16,29-32H,4-6,10H2. The molecule has 0 saturated carbocycles.